The molecule has 0 aliphatic heterocycles. The Morgan fingerprint density at radius 3 is 2.89 bits per heavy atom. The fraction of sp³-hybridized carbons (Fsp3) is 0.250. The SMILES string of the molecule is CCc1c(CN)nnn1-c1cccc(C(=O)O)c1. The van der Waals surface area contributed by atoms with E-state index in [0.717, 1.165) is 17.8 Å². The summed E-state index contributed by atoms with van der Waals surface area (Å²) >= 11 is 0. The lowest BCUT2D eigenvalue weighted by Crippen LogP contribution is -2.06. The maximum atomic E-state index is 10.9. The minimum atomic E-state index is -0.964. The number of hydrogen-bond acceptors (Lipinski definition) is 4. The minimum Gasteiger partial charge on any atom is -0.478 e. The van der Waals surface area contributed by atoms with Crippen LogP contribution in [0.1, 0.15) is 28.7 Å². The van der Waals surface area contributed by atoms with Crippen molar-refractivity contribution in [3.63, 3.8) is 0 Å². The zero-order valence-electron chi connectivity index (χ0n) is 10.00. The molecule has 1 aromatic heterocycles. The second-order valence-corrected chi connectivity index (χ2v) is 3.81. The molecule has 0 aliphatic rings. The van der Waals surface area contributed by atoms with Crippen molar-refractivity contribution in [1.29, 1.82) is 0 Å². The Morgan fingerprint density at radius 1 is 1.50 bits per heavy atom. The van der Waals surface area contributed by atoms with Crippen LogP contribution in [-0.4, -0.2) is 26.1 Å². The van der Waals surface area contributed by atoms with Crippen molar-refractivity contribution in [2.24, 2.45) is 5.73 Å². The molecule has 3 N–H and O–H groups in total. The second-order valence-electron chi connectivity index (χ2n) is 3.81. The Hall–Kier alpha value is -2.21. The average molecular weight is 246 g/mol. The number of nitrogens with zero attached hydrogens (tertiary/aromatic N) is 3. The van der Waals surface area contributed by atoms with Crippen LogP contribution in [0.5, 0.6) is 0 Å². The molecule has 0 atom stereocenters. The Morgan fingerprint density at radius 2 is 2.28 bits per heavy atom. The topological polar surface area (TPSA) is 94.0 Å². The van der Waals surface area contributed by atoms with Crippen LogP contribution in [-0.2, 0) is 13.0 Å². The lowest BCUT2D eigenvalue weighted by Gasteiger charge is -2.06. The first-order valence-electron chi connectivity index (χ1n) is 5.64. The van der Waals surface area contributed by atoms with Crippen LogP contribution in [0.25, 0.3) is 5.69 Å². The van der Waals surface area contributed by atoms with E-state index in [1.54, 1.807) is 22.9 Å². The molecule has 0 aliphatic carbocycles. The van der Waals surface area contributed by atoms with Crippen LogP contribution >= 0.6 is 0 Å². The molecule has 2 rings (SSSR count). The highest BCUT2D eigenvalue weighted by Crippen LogP contribution is 2.15. The van der Waals surface area contributed by atoms with Gasteiger partial charge in [0.25, 0.3) is 0 Å². The van der Waals surface area contributed by atoms with Gasteiger partial charge in [0.1, 0.15) is 0 Å². The summed E-state index contributed by atoms with van der Waals surface area (Å²) in [7, 11) is 0. The molecule has 0 saturated heterocycles. The van der Waals surface area contributed by atoms with Crippen molar-refractivity contribution in [2.45, 2.75) is 19.9 Å². The largest absolute Gasteiger partial charge is 0.478 e. The number of benzene rings is 1. The summed E-state index contributed by atoms with van der Waals surface area (Å²) in [4.78, 5) is 10.9. The van der Waals surface area contributed by atoms with Gasteiger partial charge in [-0.2, -0.15) is 0 Å². The summed E-state index contributed by atoms with van der Waals surface area (Å²) in [5.41, 5.74) is 8.12. The molecule has 2 aromatic rings. The second kappa shape index (κ2) is 4.97. The number of carbonyl (C=O) groups is 1. The Labute approximate surface area is 104 Å². The van der Waals surface area contributed by atoms with Crippen molar-refractivity contribution in [3.05, 3.63) is 41.2 Å². The van der Waals surface area contributed by atoms with Crippen molar-refractivity contribution < 1.29 is 9.90 Å². The third-order valence-electron chi connectivity index (χ3n) is 2.71. The predicted molar refractivity (Wildman–Crippen MR) is 65.6 cm³/mol. The molecule has 0 bridgehead atoms. The average Bonchev–Trinajstić information content (AvgIpc) is 2.81. The van der Waals surface area contributed by atoms with E-state index in [1.165, 1.54) is 6.07 Å². The van der Waals surface area contributed by atoms with Crippen LogP contribution in [0.4, 0.5) is 0 Å². The highest BCUT2D eigenvalue weighted by molar-refractivity contribution is 5.88. The number of hydrogen-bond donors (Lipinski definition) is 2. The Bertz CT molecular complexity index is 577. The quantitative estimate of drug-likeness (QED) is 0.838. The number of nitrogens with two attached hydrogens (primary N) is 1. The molecule has 18 heavy (non-hydrogen) atoms. The summed E-state index contributed by atoms with van der Waals surface area (Å²) in [6.45, 7) is 2.30. The van der Waals surface area contributed by atoms with Gasteiger partial charge in [-0.05, 0) is 24.6 Å². The van der Waals surface area contributed by atoms with Crippen LogP contribution in [0.15, 0.2) is 24.3 Å². The molecule has 94 valence electrons. The van der Waals surface area contributed by atoms with Gasteiger partial charge < -0.3 is 10.8 Å². The maximum Gasteiger partial charge on any atom is 0.335 e. The van der Waals surface area contributed by atoms with Crippen molar-refractivity contribution >= 4 is 5.97 Å². The van der Waals surface area contributed by atoms with E-state index in [4.69, 9.17) is 10.8 Å². The minimum absolute atomic E-state index is 0.222. The zero-order chi connectivity index (χ0) is 13.1. The van der Waals surface area contributed by atoms with Gasteiger partial charge in [0, 0.05) is 6.54 Å². The summed E-state index contributed by atoms with van der Waals surface area (Å²) in [6, 6.07) is 6.58. The van der Waals surface area contributed by atoms with E-state index in [2.05, 4.69) is 10.3 Å². The van der Waals surface area contributed by atoms with E-state index in [0.29, 0.717) is 12.2 Å². The van der Waals surface area contributed by atoms with E-state index in [1.807, 2.05) is 6.92 Å². The summed E-state index contributed by atoms with van der Waals surface area (Å²) in [5.74, 6) is -0.964. The van der Waals surface area contributed by atoms with Crippen molar-refractivity contribution in [2.75, 3.05) is 0 Å². The lowest BCUT2D eigenvalue weighted by molar-refractivity contribution is 0.0697. The number of aromatic carboxylic acids is 1. The molecule has 0 unspecified atom stereocenters. The van der Waals surface area contributed by atoms with Gasteiger partial charge in [-0.1, -0.05) is 18.2 Å². The first-order chi connectivity index (χ1) is 8.67. The highest BCUT2D eigenvalue weighted by atomic mass is 16.4. The fourth-order valence-corrected chi connectivity index (χ4v) is 1.82. The molecule has 1 heterocycles. The normalized spacial score (nSPS) is 10.6. The number of rotatable bonds is 4. The van der Waals surface area contributed by atoms with Gasteiger partial charge in [0.05, 0.1) is 22.6 Å². The van der Waals surface area contributed by atoms with Crippen LogP contribution in [0, 0.1) is 0 Å². The highest BCUT2D eigenvalue weighted by Gasteiger charge is 2.12. The van der Waals surface area contributed by atoms with Gasteiger partial charge in [-0.25, -0.2) is 9.48 Å². The van der Waals surface area contributed by atoms with Gasteiger partial charge in [-0.15, -0.1) is 5.10 Å². The van der Waals surface area contributed by atoms with E-state index in [9.17, 15) is 4.79 Å². The predicted octanol–water partition coefficient (Wildman–Crippen LogP) is 0.987. The van der Waals surface area contributed by atoms with Gasteiger partial charge in [0.15, 0.2) is 0 Å². The third kappa shape index (κ3) is 2.10. The van der Waals surface area contributed by atoms with Gasteiger partial charge >= 0.3 is 5.97 Å². The van der Waals surface area contributed by atoms with Crippen molar-refractivity contribution in [3.8, 4) is 5.69 Å². The molecule has 0 radical (unpaired) electrons. The van der Waals surface area contributed by atoms with Crippen LogP contribution < -0.4 is 5.73 Å². The molecule has 1 aromatic carbocycles. The molecular formula is C12H14N4O2. The molecule has 0 saturated carbocycles. The van der Waals surface area contributed by atoms with Gasteiger partial charge in [0.2, 0.25) is 0 Å². The summed E-state index contributed by atoms with van der Waals surface area (Å²) in [6.07, 6.45) is 0.733. The molecule has 6 heteroatoms. The van der Waals surface area contributed by atoms with E-state index >= 15 is 0 Å². The zero-order valence-corrected chi connectivity index (χ0v) is 10.00. The first kappa shape index (κ1) is 12.3. The standard InChI is InChI=1S/C12H14N4O2/c1-2-11-10(7-13)14-15-16(11)9-5-3-4-8(6-9)12(17)18/h3-6H,2,7,13H2,1H3,(H,17,18). The van der Waals surface area contributed by atoms with Gasteiger partial charge in [-0.3, -0.25) is 0 Å². The molecule has 6 nitrogen and oxygen atoms in total. The summed E-state index contributed by atoms with van der Waals surface area (Å²) in [5, 5.41) is 17.0. The number of carboxylic acid groups (broad SMARTS) is 1. The molecule has 0 fully saturated rings. The smallest absolute Gasteiger partial charge is 0.335 e. The van der Waals surface area contributed by atoms with E-state index in [-0.39, 0.29) is 5.56 Å². The Kier molecular flexibility index (Phi) is 3.38. The van der Waals surface area contributed by atoms with E-state index < -0.39 is 5.97 Å². The molecule has 0 amide bonds. The summed E-state index contributed by atoms with van der Waals surface area (Å²) < 4.78 is 1.63. The molecular weight excluding hydrogens is 232 g/mol. The number of carboxylic acids is 1. The first-order valence-corrected chi connectivity index (χ1v) is 5.64. The maximum absolute atomic E-state index is 10.9. The van der Waals surface area contributed by atoms with Crippen LogP contribution in [0.2, 0.25) is 0 Å². The lowest BCUT2D eigenvalue weighted by atomic mass is 10.2. The number of aromatic nitrogens is 3. The molecule has 0 spiro atoms. The third-order valence-corrected chi connectivity index (χ3v) is 2.71. The fourth-order valence-electron chi connectivity index (χ4n) is 1.82. The monoisotopic (exact) mass is 246 g/mol. The Balaban J connectivity index is 2.51. The van der Waals surface area contributed by atoms with Crippen molar-refractivity contribution in [1.82, 2.24) is 15.0 Å². The van der Waals surface area contributed by atoms with Crippen LogP contribution in [0.3, 0.4) is 0 Å².